The maximum atomic E-state index is 10.7. The highest BCUT2D eigenvalue weighted by Crippen LogP contribution is 2.24. The lowest BCUT2D eigenvalue weighted by Crippen LogP contribution is -2.44. The molecule has 0 atom stereocenters. The van der Waals surface area contributed by atoms with Crippen LogP contribution in [0.5, 0.6) is 5.75 Å². The van der Waals surface area contributed by atoms with Crippen LogP contribution in [0, 0.1) is 21.4 Å². The van der Waals surface area contributed by atoms with E-state index in [1.54, 1.807) is 6.07 Å². The quantitative estimate of drug-likeness (QED) is 0.627. The zero-order valence-corrected chi connectivity index (χ0v) is 11.0. The van der Waals surface area contributed by atoms with Crippen LogP contribution in [0.25, 0.3) is 0 Å². The fourth-order valence-corrected chi connectivity index (χ4v) is 1.53. The number of nitro benzene ring substituents is 1. The first-order valence-corrected chi connectivity index (χ1v) is 6.06. The standard InChI is InChI=1S/C13H17N3O3/c1-3-13(15,4-2)9-19-11-5-6-12(16(17)18)10(7-11)8-14/h5-7H,3-4,9,15H2,1-2H3. The number of hydrogen-bond donors (Lipinski definition) is 1. The molecule has 0 unspecified atom stereocenters. The smallest absolute Gasteiger partial charge is 0.287 e. The van der Waals surface area contributed by atoms with Gasteiger partial charge in [0.05, 0.1) is 4.92 Å². The monoisotopic (exact) mass is 263 g/mol. The summed E-state index contributed by atoms with van der Waals surface area (Å²) in [5, 5.41) is 19.6. The third-order valence-corrected chi connectivity index (χ3v) is 3.22. The summed E-state index contributed by atoms with van der Waals surface area (Å²) in [5.41, 5.74) is 5.43. The second-order valence-corrected chi connectivity index (χ2v) is 4.41. The molecule has 0 bridgehead atoms. The van der Waals surface area contributed by atoms with E-state index in [-0.39, 0.29) is 11.3 Å². The average Bonchev–Trinajstić information content (AvgIpc) is 2.44. The number of nitriles is 1. The van der Waals surface area contributed by atoms with Crippen LogP contribution in [-0.4, -0.2) is 17.1 Å². The largest absolute Gasteiger partial charge is 0.492 e. The van der Waals surface area contributed by atoms with Gasteiger partial charge in [-0.1, -0.05) is 13.8 Å². The SMILES string of the molecule is CCC(N)(CC)COc1ccc([N+](=O)[O-])c(C#N)c1. The predicted molar refractivity (Wildman–Crippen MR) is 70.8 cm³/mol. The number of nitro groups is 1. The molecule has 0 aliphatic carbocycles. The molecule has 1 aromatic carbocycles. The van der Waals surface area contributed by atoms with Crippen LogP contribution in [0.3, 0.4) is 0 Å². The van der Waals surface area contributed by atoms with Gasteiger partial charge in [0.25, 0.3) is 5.69 Å². The van der Waals surface area contributed by atoms with Crippen LogP contribution < -0.4 is 10.5 Å². The molecule has 0 fully saturated rings. The minimum atomic E-state index is -0.590. The van der Waals surface area contributed by atoms with E-state index in [0.717, 1.165) is 12.8 Å². The highest BCUT2D eigenvalue weighted by Gasteiger charge is 2.22. The van der Waals surface area contributed by atoms with Gasteiger partial charge >= 0.3 is 0 Å². The maximum absolute atomic E-state index is 10.7. The number of nitrogens with two attached hydrogens (primary N) is 1. The number of hydrogen-bond acceptors (Lipinski definition) is 5. The molecule has 1 aromatic rings. The van der Waals surface area contributed by atoms with Gasteiger partial charge in [0.1, 0.15) is 24.0 Å². The van der Waals surface area contributed by atoms with Crippen molar-refractivity contribution in [1.82, 2.24) is 0 Å². The molecule has 2 N–H and O–H groups in total. The van der Waals surface area contributed by atoms with Gasteiger partial charge in [-0.25, -0.2) is 0 Å². The van der Waals surface area contributed by atoms with E-state index in [1.807, 2.05) is 13.8 Å². The third-order valence-electron chi connectivity index (χ3n) is 3.22. The van der Waals surface area contributed by atoms with Crippen LogP contribution in [0.4, 0.5) is 5.69 Å². The Hall–Kier alpha value is -2.13. The van der Waals surface area contributed by atoms with E-state index < -0.39 is 10.5 Å². The topological polar surface area (TPSA) is 102 Å². The van der Waals surface area contributed by atoms with Gasteiger partial charge in [0, 0.05) is 17.7 Å². The Morgan fingerprint density at radius 1 is 1.47 bits per heavy atom. The summed E-state index contributed by atoms with van der Waals surface area (Å²) in [5.74, 6) is 0.416. The molecule has 0 spiro atoms. The Morgan fingerprint density at radius 3 is 2.58 bits per heavy atom. The zero-order valence-electron chi connectivity index (χ0n) is 11.0. The Morgan fingerprint density at radius 2 is 2.11 bits per heavy atom. The van der Waals surface area contributed by atoms with Crippen molar-refractivity contribution in [1.29, 1.82) is 5.26 Å². The average molecular weight is 263 g/mol. The van der Waals surface area contributed by atoms with E-state index >= 15 is 0 Å². The van der Waals surface area contributed by atoms with Gasteiger partial charge in [0.2, 0.25) is 0 Å². The Kier molecular flexibility index (Phi) is 4.84. The molecule has 6 heteroatoms. The van der Waals surface area contributed by atoms with Crippen molar-refractivity contribution in [2.75, 3.05) is 6.61 Å². The first kappa shape index (κ1) is 14.9. The molecule has 0 radical (unpaired) electrons. The second kappa shape index (κ2) is 6.16. The van der Waals surface area contributed by atoms with Crippen molar-refractivity contribution in [3.63, 3.8) is 0 Å². The lowest BCUT2D eigenvalue weighted by molar-refractivity contribution is -0.385. The fourth-order valence-electron chi connectivity index (χ4n) is 1.53. The summed E-state index contributed by atoms with van der Waals surface area (Å²) >= 11 is 0. The first-order valence-electron chi connectivity index (χ1n) is 6.06. The molecule has 0 amide bonds. The number of nitrogens with zero attached hydrogens (tertiary/aromatic N) is 2. The van der Waals surface area contributed by atoms with Gasteiger partial charge in [-0.15, -0.1) is 0 Å². The summed E-state index contributed by atoms with van der Waals surface area (Å²) < 4.78 is 5.53. The Labute approximate surface area is 111 Å². The molecular formula is C13H17N3O3. The van der Waals surface area contributed by atoms with Gasteiger partial charge in [-0.05, 0) is 18.9 Å². The van der Waals surface area contributed by atoms with Crippen LogP contribution >= 0.6 is 0 Å². The number of rotatable bonds is 6. The van der Waals surface area contributed by atoms with E-state index in [1.165, 1.54) is 18.2 Å². The fraction of sp³-hybridized carbons (Fsp3) is 0.462. The summed E-state index contributed by atoms with van der Waals surface area (Å²) in [6, 6.07) is 5.90. The number of ether oxygens (including phenoxy) is 1. The maximum Gasteiger partial charge on any atom is 0.287 e. The minimum absolute atomic E-state index is 0.0156. The lowest BCUT2D eigenvalue weighted by atomic mass is 9.96. The molecule has 0 heterocycles. The summed E-state index contributed by atoms with van der Waals surface area (Å²) in [6.45, 7) is 4.26. The first-order chi connectivity index (χ1) is 8.95. The summed E-state index contributed by atoms with van der Waals surface area (Å²) in [4.78, 5) is 10.1. The lowest BCUT2D eigenvalue weighted by Gasteiger charge is -2.26. The van der Waals surface area contributed by atoms with Crippen molar-refractivity contribution in [2.45, 2.75) is 32.2 Å². The van der Waals surface area contributed by atoms with Crippen molar-refractivity contribution in [3.8, 4) is 11.8 Å². The second-order valence-electron chi connectivity index (χ2n) is 4.41. The molecule has 0 aliphatic rings. The minimum Gasteiger partial charge on any atom is -0.492 e. The van der Waals surface area contributed by atoms with Crippen molar-refractivity contribution < 1.29 is 9.66 Å². The van der Waals surface area contributed by atoms with Gasteiger partial charge in [-0.2, -0.15) is 5.26 Å². The molecular weight excluding hydrogens is 246 g/mol. The van der Waals surface area contributed by atoms with Crippen molar-refractivity contribution >= 4 is 5.69 Å². The van der Waals surface area contributed by atoms with E-state index in [2.05, 4.69) is 0 Å². The van der Waals surface area contributed by atoms with Crippen LogP contribution in [0.15, 0.2) is 18.2 Å². The third kappa shape index (κ3) is 3.66. The van der Waals surface area contributed by atoms with Gasteiger partial charge in [0.15, 0.2) is 0 Å². The van der Waals surface area contributed by atoms with Gasteiger partial charge in [-0.3, -0.25) is 10.1 Å². The molecule has 0 aromatic heterocycles. The predicted octanol–water partition coefficient (Wildman–Crippen LogP) is 2.36. The molecule has 0 saturated heterocycles. The van der Waals surface area contributed by atoms with E-state index in [9.17, 15) is 10.1 Å². The summed E-state index contributed by atoms with van der Waals surface area (Å²) in [7, 11) is 0. The van der Waals surface area contributed by atoms with Crippen LogP contribution in [0.1, 0.15) is 32.3 Å². The molecule has 0 saturated carbocycles. The van der Waals surface area contributed by atoms with Crippen LogP contribution in [-0.2, 0) is 0 Å². The highest BCUT2D eigenvalue weighted by atomic mass is 16.6. The molecule has 102 valence electrons. The van der Waals surface area contributed by atoms with Crippen LogP contribution in [0.2, 0.25) is 0 Å². The zero-order chi connectivity index (χ0) is 14.5. The van der Waals surface area contributed by atoms with Crippen molar-refractivity contribution in [2.24, 2.45) is 5.73 Å². The molecule has 19 heavy (non-hydrogen) atoms. The Balaban J connectivity index is 2.87. The summed E-state index contributed by atoms with van der Waals surface area (Å²) in [6.07, 6.45) is 1.53. The van der Waals surface area contributed by atoms with E-state index in [0.29, 0.717) is 12.4 Å². The highest BCUT2D eigenvalue weighted by molar-refractivity contribution is 5.52. The van der Waals surface area contributed by atoms with Gasteiger partial charge < -0.3 is 10.5 Å². The molecule has 6 nitrogen and oxygen atoms in total. The Bertz CT molecular complexity index is 504. The van der Waals surface area contributed by atoms with Crippen molar-refractivity contribution in [3.05, 3.63) is 33.9 Å². The molecule has 1 rings (SSSR count). The normalized spacial score (nSPS) is 10.8. The molecule has 0 aliphatic heterocycles. The van der Waals surface area contributed by atoms with E-state index in [4.69, 9.17) is 15.7 Å². The number of benzene rings is 1.